The zero-order valence-electron chi connectivity index (χ0n) is 10.4. The van der Waals surface area contributed by atoms with Crippen molar-refractivity contribution >= 4 is 22.5 Å². The summed E-state index contributed by atoms with van der Waals surface area (Å²) in [6.45, 7) is 0. The molecule has 1 heterocycles. The van der Waals surface area contributed by atoms with Gasteiger partial charge in [0.05, 0.1) is 17.1 Å². The predicted molar refractivity (Wildman–Crippen MR) is 75.6 cm³/mol. The molecule has 19 heavy (non-hydrogen) atoms. The second-order valence-electron chi connectivity index (χ2n) is 4.76. The van der Waals surface area contributed by atoms with Crippen molar-refractivity contribution in [2.45, 2.75) is 12.5 Å². The fraction of sp³-hybridized carbons (Fsp3) is 0.200. The minimum absolute atomic E-state index is 0.00932. The molecule has 0 aliphatic heterocycles. The number of hydrogen-bond acceptors (Lipinski definition) is 3. The first-order valence-corrected chi connectivity index (χ1v) is 6.32. The molecule has 0 radical (unpaired) electrons. The number of anilines is 1. The molecule has 1 aromatic heterocycles. The zero-order valence-corrected chi connectivity index (χ0v) is 10.4. The predicted octanol–water partition coefficient (Wildman–Crippen LogP) is 2.08. The molecule has 0 saturated heterocycles. The number of benzene rings is 1. The molecule has 2 aromatic rings. The first kappa shape index (κ1) is 11.9. The van der Waals surface area contributed by atoms with Crippen LogP contribution in [0.5, 0.6) is 0 Å². The first-order chi connectivity index (χ1) is 9.24. The van der Waals surface area contributed by atoms with Crippen LogP contribution in [0, 0.1) is 5.92 Å². The molecule has 3 N–H and O–H groups in total. The molecule has 96 valence electrons. The van der Waals surface area contributed by atoms with E-state index in [0.29, 0.717) is 6.42 Å². The summed E-state index contributed by atoms with van der Waals surface area (Å²) in [4.78, 5) is 16.4. The van der Waals surface area contributed by atoms with Gasteiger partial charge in [-0.15, -0.1) is 0 Å². The van der Waals surface area contributed by atoms with Gasteiger partial charge in [-0.1, -0.05) is 18.2 Å². The van der Waals surface area contributed by atoms with E-state index in [9.17, 15) is 4.79 Å². The third-order valence-electron chi connectivity index (χ3n) is 3.36. The van der Waals surface area contributed by atoms with Crippen molar-refractivity contribution in [3.05, 3.63) is 48.7 Å². The van der Waals surface area contributed by atoms with E-state index in [2.05, 4.69) is 10.3 Å². The van der Waals surface area contributed by atoms with Gasteiger partial charge in [0.25, 0.3) is 0 Å². The Morgan fingerprint density at radius 2 is 2.16 bits per heavy atom. The van der Waals surface area contributed by atoms with Crippen LogP contribution in [0.1, 0.15) is 6.42 Å². The quantitative estimate of drug-likeness (QED) is 0.805. The SMILES string of the molecule is NC1C=CC(C(=O)Nc2cccc3ncccc23)C1. The lowest BCUT2D eigenvalue weighted by Crippen LogP contribution is -2.24. The summed E-state index contributed by atoms with van der Waals surface area (Å²) >= 11 is 0. The summed E-state index contributed by atoms with van der Waals surface area (Å²) in [5.74, 6) is -0.150. The number of nitrogens with zero attached hydrogens (tertiary/aromatic N) is 1. The fourth-order valence-electron chi connectivity index (χ4n) is 2.36. The highest BCUT2D eigenvalue weighted by Crippen LogP contribution is 2.24. The molecule has 0 bridgehead atoms. The van der Waals surface area contributed by atoms with E-state index in [4.69, 9.17) is 5.73 Å². The summed E-state index contributed by atoms with van der Waals surface area (Å²) in [7, 11) is 0. The third-order valence-corrected chi connectivity index (χ3v) is 3.36. The molecule has 2 unspecified atom stereocenters. The van der Waals surface area contributed by atoms with E-state index in [1.807, 2.05) is 42.5 Å². The van der Waals surface area contributed by atoms with Gasteiger partial charge in [0.2, 0.25) is 5.91 Å². The molecule has 0 fully saturated rings. The van der Waals surface area contributed by atoms with Gasteiger partial charge in [-0.25, -0.2) is 0 Å². The van der Waals surface area contributed by atoms with E-state index in [1.54, 1.807) is 6.20 Å². The smallest absolute Gasteiger partial charge is 0.231 e. The van der Waals surface area contributed by atoms with Crippen molar-refractivity contribution in [1.29, 1.82) is 0 Å². The Bertz CT molecular complexity index is 645. The maximum atomic E-state index is 12.2. The molecule has 3 rings (SSSR count). The molecule has 1 amide bonds. The normalized spacial score (nSPS) is 21.7. The molecule has 2 atom stereocenters. The molecule has 1 aromatic carbocycles. The summed E-state index contributed by atoms with van der Waals surface area (Å²) in [6.07, 6.45) is 6.18. The number of nitrogens with one attached hydrogen (secondary N) is 1. The van der Waals surface area contributed by atoms with E-state index in [1.165, 1.54) is 0 Å². The number of carbonyl (C=O) groups is 1. The number of nitrogens with two attached hydrogens (primary N) is 1. The molecular formula is C15H15N3O. The van der Waals surface area contributed by atoms with E-state index >= 15 is 0 Å². The standard InChI is InChI=1S/C15H15N3O/c16-11-7-6-10(9-11)15(19)18-14-5-1-4-13-12(14)3-2-8-17-13/h1-8,10-11H,9,16H2,(H,18,19). The van der Waals surface area contributed by atoms with Crippen LogP contribution in [0.2, 0.25) is 0 Å². The largest absolute Gasteiger partial charge is 0.325 e. The first-order valence-electron chi connectivity index (χ1n) is 6.32. The number of fused-ring (bicyclic) bond motifs is 1. The van der Waals surface area contributed by atoms with Crippen LogP contribution in [0.4, 0.5) is 5.69 Å². The highest BCUT2D eigenvalue weighted by molar-refractivity contribution is 6.02. The maximum absolute atomic E-state index is 12.2. The van der Waals surface area contributed by atoms with Crippen LogP contribution < -0.4 is 11.1 Å². The van der Waals surface area contributed by atoms with Crippen molar-refractivity contribution < 1.29 is 4.79 Å². The fourth-order valence-corrected chi connectivity index (χ4v) is 2.36. The monoisotopic (exact) mass is 253 g/mol. The molecule has 1 aliphatic rings. The van der Waals surface area contributed by atoms with E-state index in [-0.39, 0.29) is 17.9 Å². The number of amides is 1. The van der Waals surface area contributed by atoms with Crippen LogP contribution in [0.3, 0.4) is 0 Å². The van der Waals surface area contributed by atoms with E-state index < -0.39 is 0 Å². The lowest BCUT2D eigenvalue weighted by atomic mass is 10.1. The van der Waals surface area contributed by atoms with Crippen LogP contribution >= 0.6 is 0 Å². The lowest BCUT2D eigenvalue weighted by molar-refractivity contribution is -0.118. The van der Waals surface area contributed by atoms with Crippen LogP contribution in [-0.4, -0.2) is 16.9 Å². The van der Waals surface area contributed by atoms with Crippen LogP contribution in [0.15, 0.2) is 48.7 Å². The number of aromatic nitrogens is 1. The Hall–Kier alpha value is -2.20. The number of hydrogen-bond donors (Lipinski definition) is 2. The Kier molecular flexibility index (Phi) is 3.01. The van der Waals surface area contributed by atoms with Crippen LogP contribution in [0.25, 0.3) is 10.9 Å². The maximum Gasteiger partial charge on any atom is 0.231 e. The second kappa shape index (κ2) is 4.82. The van der Waals surface area contributed by atoms with Gasteiger partial charge in [-0.05, 0) is 30.7 Å². The number of rotatable bonds is 2. The van der Waals surface area contributed by atoms with Crippen molar-refractivity contribution in [1.82, 2.24) is 4.98 Å². The summed E-state index contributed by atoms with van der Waals surface area (Å²) < 4.78 is 0. The van der Waals surface area contributed by atoms with E-state index in [0.717, 1.165) is 16.6 Å². The topological polar surface area (TPSA) is 68.0 Å². The Morgan fingerprint density at radius 1 is 1.26 bits per heavy atom. The van der Waals surface area contributed by atoms with Gasteiger partial charge in [0, 0.05) is 17.6 Å². The number of carbonyl (C=O) groups excluding carboxylic acids is 1. The minimum Gasteiger partial charge on any atom is -0.325 e. The Morgan fingerprint density at radius 3 is 2.95 bits per heavy atom. The molecule has 0 saturated carbocycles. The van der Waals surface area contributed by atoms with Gasteiger partial charge in [-0.2, -0.15) is 0 Å². The molecule has 4 heteroatoms. The average molecular weight is 253 g/mol. The van der Waals surface area contributed by atoms with Gasteiger partial charge in [-0.3, -0.25) is 9.78 Å². The van der Waals surface area contributed by atoms with Crippen molar-refractivity contribution in [3.8, 4) is 0 Å². The van der Waals surface area contributed by atoms with Gasteiger partial charge in [0.1, 0.15) is 0 Å². The molecule has 0 spiro atoms. The van der Waals surface area contributed by atoms with Crippen molar-refractivity contribution in [3.63, 3.8) is 0 Å². The molecule has 1 aliphatic carbocycles. The molecular weight excluding hydrogens is 238 g/mol. The second-order valence-corrected chi connectivity index (χ2v) is 4.76. The Balaban J connectivity index is 1.86. The molecule has 4 nitrogen and oxygen atoms in total. The van der Waals surface area contributed by atoms with Crippen molar-refractivity contribution in [2.75, 3.05) is 5.32 Å². The number of pyridine rings is 1. The summed E-state index contributed by atoms with van der Waals surface area (Å²) in [5, 5.41) is 3.91. The van der Waals surface area contributed by atoms with Gasteiger partial charge in [0.15, 0.2) is 0 Å². The van der Waals surface area contributed by atoms with Gasteiger partial charge < -0.3 is 11.1 Å². The Labute approximate surface area is 111 Å². The van der Waals surface area contributed by atoms with Crippen LogP contribution in [-0.2, 0) is 4.79 Å². The highest BCUT2D eigenvalue weighted by Gasteiger charge is 2.22. The zero-order chi connectivity index (χ0) is 13.2. The highest BCUT2D eigenvalue weighted by atomic mass is 16.1. The summed E-state index contributed by atoms with van der Waals surface area (Å²) in [6, 6.07) is 9.51. The van der Waals surface area contributed by atoms with Gasteiger partial charge >= 0.3 is 0 Å². The van der Waals surface area contributed by atoms with Crippen molar-refractivity contribution in [2.24, 2.45) is 11.7 Å². The third kappa shape index (κ3) is 2.35. The minimum atomic E-state index is -0.137. The lowest BCUT2D eigenvalue weighted by Gasteiger charge is -2.12. The summed E-state index contributed by atoms with van der Waals surface area (Å²) in [5.41, 5.74) is 7.44. The average Bonchev–Trinajstić information content (AvgIpc) is 2.86.